The van der Waals surface area contributed by atoms with Crippen LogP contribution in [0.1, 0.15) is 32.0 Å². The maximum Gasteiger partial charge on any atom is 0.261 e. The van der Waals surface area contributed by atoms with Gasteiger partial charge in [-0.15, -0.1) is 0 Å². The smallest absolute Gasteiger partial charge is 0.261 e. The van der Waals surface area contributed by atoms with Crippen LogP contribution in [0.5, 0.6) is 0 Å². The van der Waals surface area contributed by atoms with Crippen LogP contribution in [0.25, 0.3) is 11.5 Å². The fraction of sp³-hybridized carbons (Fsp3) is 0.533. The minimum Gasteiger partial charge on any atom is -0.393 e. The van der Waals surface area contributed by atoms with E-state index in [9.17, 15) is 5.11 Å². The molecular weight excluding hydrogens is 268 g/mol. The molecule has 0 bridgehead atoms. The number of anilines is 1. The van der Waals surface area contributed by atoms with Crippen LogP contribution < -0.4 is 4.90 Å². The van der Waals surface area contributed by atoms with Crippen LogP contribution >= 0.6 is 0 Å². The highest BCUT2D eigenvalue weighted by molar-refractivity contribution is 5.69. The van der Waals surface area contributed by atoms with Crippen molar-refractivity contribution in [3.63, 3.8) is 0 Å². The fourth-order valence-corrected chi connectivity index (χ4v) is 2.58. The number of aromatic nitrogens is 3. The Hall–Kier alpha value is -1.95. The van der Waals surface area contributed by atoms with E-state index in [4.69, 9.17) is 4.52 Å². The summed E-state index contributed by atoms with van der Waals surface area (Å²) in [4.78, 5) is 11.1. The van der Waals surface area contributed by atoms with Crippen molar-refractivity contribution >= 4 is 5.82 Å². The third kappa shape index (κ3) is 3.05. The van der Waals surface area contributed by atoms with Crippen molar-refractivity contribution in [3.8, 4) is 11.5 Å². The Labute approximate surface area is 123 Å². The number of nitrogens with zero attached hydrogens (tertiary/aromatic N) is 4. The molecule has 0 unspecified atom stereocenters. The summed E-state index contributed by atoms with van der Waals surface area (Å²) in [7, 11) is 0. The Kier molecular flexibility index (Phi) is 4.15. The van der Waals surface area contributed by atoms with Crippen molar-refractivity contribution in [1.82, 2.24) is 15.1 Å². The molecule has 0 amide bonds. The SMILES string of the molecule is CCCc1noc(-c2cccnc2N2CCC(O)CC2)n1. The van der Waals surface area contributed by atoms with Gasteiger partial charge in [0.25, 0.3) is 5.89 Å². The van der Waals surface area contributed by atoms with E-state index >= 15 is 0 Å². The van der Waals surface area contributed by atoms with Crippen LogP contribution in [0, 0.1) is 0 Å². The molecule has 21 heavy (non-hydrogen) atoms. The van der Waals surface area contributed by atoms with Crippen molar-refractivity contribution in [2.45, 2.75) is 38.7 Å². The number of aliphatic hydroxyl groups is 1. The molecule has 1 saturated heterocycles. The van der Waals surface area contributed by atoms with Crippen LogP contribution in [0.3, 0.4) is 0 Å². The van der Waals surface area contributed by atoms with Gasteiger partial charge in [-0.1, -0.05) is 12.1 Å². The first-order valence-corrected chi connectivity index (χ1v) is 7.49. The van der Waals surface area contributed by atoms with E-state index in [0.29, 0.717) is 5.89 Å². The molecule has 1 N–H and O–H groups in total. The van der Waals surface area contributed by atoms with Gasteiger partial charge < -0.3 is 14.5 Å². The van der Waals surface area contributed by atoms with Gasteiger partial charge in [-0.05, 0) is 31.4 Å². The Morgan fingerprint density at radius 1 is 1.38 bits per heavy atom. The minimum absolute atomic E-state index is 0.201. The van der Waals surface area contributed by atoms with Gasteiger partial charge in [0.05, 0.1) is 11.7 Å². The van der Waals surface area contributed by atoms with Crippen molar-refractivity contribution in [2.75, 3.05) is 18.0 Å². The van der Waals surface area contributed by atoms with E-state index in [1.54, 1.807) is 6.20 Å². The third-order valence-electron chi connectivity index (χ3n) is 3.72. The van der Waals surface area contributed by atoms with E-state index in [-0.39, 0.29) is 6.10 Å². The number of hydrogen-bond donors (Lipinski definition) is 1. The summed E-state index contributed by atoms with van der Waals surface area (Å²) >= 11 is 0. The second-order valence-corrected chi connectivity index (χ2v) is 5.36. The van der Waals surface area contributed by atoms with E-state index in [1.807, 2.05) is 12.1 Å². The number of pyridine rings is 1. The van der Waals surface area contributed by atoms with Gasteiger partial charge in [0, 0.05) is 25.7 Å². The van der Waals surface area contributed by atoms with Crippen molar-refractivity contribution < 1.29 is 9.63 Å². The molecule has 1 aliphatic rings. The summed E-state index contributed by atoms with van der Waals surface area (Å²) in [6.45, 7) is 3.67. The molecule has 0 aromatic carbocycles. The maximum atomic E-state index is 9.63. The molecule has 0 atom stereocenters. The Bertz CT molecular complexity index is 591. The van der Waals surface area contributed by atoms with E-state index < -0.39 is 0 Å². The quantitative estimate of drug-likeness (QED) is 0.928. The lowest BCUT2D eigenvalue weighted by Crippen LogP contribution is -2.36. The number of piperidine rings is 1. The summed E-state index contributed by atoms with van der Waals surface area (Å²) in [5, 5.41) is 13.6. The van der Waals surface area contributed by atoms with Gasteiger partial charge in [-0.2, -0.15) is 4.98 Å². The molecule has 0 saturated carbocycles. The Balaban J connectivity index is 1.88. The summed E-state index contributed by atoms with van der Waals surface area (Å²) in [6.07, 6.45) is 4.90. The van der Waals surface area contributed by atoms with Gasteiger partial charge in [0.1, 0.15) is 5.82 Å². The van der Waals surface area contributed by atoms with Crippen LogP contribution in [0.4, 0.5) is 5.82 Å². The van der Waals surface area contributed by atoms with Crippen LogP contribution in [0.2, 0.25) is 0 Å². The zero-order valence-electron chi connectivity index (χ0n) is 12.2. The molecule has 0 spiro atoms. The monoisotopic (exact) mass is 288 g/mol. The average molecular weight is 288 g/mol. The normalized spacial score (nSPS) is 16.4. The zero-order chi connectivity index (χ0) is 14.7. The molecule has 2 aromatic heterocycles. The molecule has 6 nitrogen and oxygen atoms in total. The Morgan fingerprint density at radius 2 is 2.19 bits per heavy atom. The number of aliphatic hydroxyl groups excluding tert-OH is 1. The topological polar surface area (TPSA) is 75.3 Å². The van der Waals surface area contributed by atoms with Crippen LogP contribution in [-0.4, -0.2) is 39.4 Å². The first-order chi connectivity index (χ1) is 10.3. The van der Waals surface area contributed by atoms with Gasteiger partial charge >= 0.3 is 0 Å². The lowest BCUT2D eigenvalue weighted by atomic mass is 10.1. The molecular formula is C15H20N4O2. The number of rotatable bonds is 4. The summed E-state index contributed by atoms with van der Waals surface area (Å²) in [5.41, 5.74) is 0.865. The second kappa shape index (κ2) is 6.22. The molecule has 3 rings (SSSR count). The van der Waals surface area contributed by atoms with Crippen molar-refractivity contribution in [2.24, 2.45) is 0 Å². The predicted octanol–water partition coefficient (Wildman–Crippen LogP) is 2.05. The second-order valence-electron chi connectivity index (χ2n) is 5.36. The number of hydrogen-bond acceptors (Lipinski definition) is 6. The Morgan fingerprint density at radius 3 is 2.95 bits per heavy atom. The minimum atomic E-state index is -0.201. The van der Waals surface area contributed by atoms with Crippen LogP contribution in [-0.2, 0) is 6.42 Å². The average Bonchev–Trinajstić information content (AvgIpc) is 2.97. The molecule has 6 heteroatoms. The molecule has 0 radical (unpaired) electrons. The largest absolute Gasteiger partial charge is 0.393 e. The summed E-state index contributed by atoms with van der Waals surface area (Å²) < 4.78 is 5.38. The predicted molar refractivity (Wildman–Crippen MR) is 79.0 cm³/mol. The summed E-state index contributed by atoms with van der Waals surface area (Å²) in [6, 6.07) is 3.83. The van der Waals surface area contributed by atoms with E-state index in [2.05, 4.69) is 26.9 Å². The zero-order valence-corrected chi connectivity index (χ0v) is 12.2. The van der Waals surface area contributed by atoms with Crippen LogP contribution in [0.15, 0.2) is 22.9 Å². The van der Waals surface area contributed by atoms with E-state index in [0.717, 1.165) is 56.0 Å². The van der Waals surface area contributed by atoms with Gasteiger partial charge in [0.15, 0.2) is 5.82 Å². The molecule has 0 aliphatic carbocycles. The molecule has 112 valence electrons. The first-order valence-electron chi connectivity index (χ1n) is 7.49. The van der Waals surface area contributed by atoms with Crippen molar-refractivity contribution in [1.29, 1.82) is 0 Å². The fourth-order valence-electron chi connectivity index (χ4n) is 2.58. The van der Waals surface area contributed by atoms with Gasteiger partial charge in [-0.3, -0.25) is 0 Å². The standard InChI is InChI=1S/C15H20N4O2/c1-2-4-13-17-15(21-18-13)12-5-3-8-16-14(12)19-9-6-11(20)7-10-19/h3,5,8,11,20H,2,4,6-7,9-10H2,1H3. The molecule has 1 aliphatic heterocycles. The molecule has 3 heterocycles. The van der Waals surface area contributed by atoms with Gasteiger partial charge in [-0.25, -0.2) is 4.98 Å². The highest BCUT2D eigenvalue weighted by Gasteiger charge is 2.22. The highest BCUT2D eigenvalue weighted by atomic mass is 16.5. The van der Waals surface area contributed by atoms with Crippen molar-refractivity contribution in [3.05, 3.63) is 24.2 Å². The highest BCUT2D eigenvalue weighted by Crippen LogP contribution is 2.29. The molecule has 2 aromatic rings. The maximum absolute atomic E-state index is 9.63. The van der Waals surface area contributed by atoms with E-state index in [1.165, 1.54) is 0 Å². The molecule has 1 fully saturated rings. The summed E-state index contributed by atoms with van der Waals surface area (Å²) in [5.74, 6) is 2.11. The van der Waals surface area contributed by atoms with Gasteiger partial charge in [0.2, 0.25) is 0 Å². The lowest BCUT2D eigenvalue weighted by molar-refractivity contribution is 0.145. The lowest BCUT2D eigenvalue weighted by Gasteiger charge is -2.31. The number of aryl methyl sites for hydroxylation is 1. The first kappa shape index (κ1) is 14.0. The third-order valence-corrected chi connectivity index (χ3v) is 3.72.